The van der Waals surface area contributed by atoms with E-state index in [9.17, 15) is 9.59 Å². The first-order valence-electron chi connectivity index (χ1n) is 7.75. The van der Waals surface area contributed by atoms with E-state index in [2.05, 4.69) is 9.97 Å². The molecule has 7 nitrogen and oxygen atoms in total. The molecule has 0 saturated heterocycles. The Hall–Kier alpha value is -2.96. The minimum absolute atomic E-state index is 0.382. The quantitative estimate of drug-likeness (QED) is 0.734. The lowest BCUT2D eigenvalue weighted by Gasteiger charge is -2.14. The van der Waals surface area contributed by atoms with E-state index < -0.39 is 5.69 Å². The van der Waals surface area contributed by atoms with E-state index in [1.54, 1.807) is 20.3 Å². The Kier molecular flexibility index (Phi) is 4.16. The summed E-state index contributed by atoms with van der Waals surface area (Å²) in [6.07, 6.45) is 2.11. The van der Waals surface area contributed by atoms with Crippen LogP contribution in [0.3, 0.4) is 0 Å². The maximum atomic E-state index is 12.4. The Morgan fingerprint density at radius 1 is 1.25 bits per heavy atom. The SMILES string of the molecule is CCN(C)C(=O)n1c(=O)n(C)c2nc(Cc3ccccc3)ncc21. The van der Waals surface area contributed by atoms with Gasteiger partial charge in [-0.3, -0.25) is 4.57 Å². The summed E-state index contributed by atoms with van der Waals surface area (Å²) in [6, 6.07) is 9.48. The Balaban J connectivity index is 2.07. The molecule has 0 fully saturated rings. The molecule has 0 radical (unpaired) electrons. The first-order valence-corrected chi connectivity index (χ1v) is 7.75. The van der Waals surface area contributed by atoms with Gasteiger partial charge in [-0.2, -0.15) is 0 Å². The predicted octanol–water partition coefficient (Wildman–Crippen LogP) is 1.64. The van der Waals surface area contributed by atoms with Crippen molar-refractivity contribution < 1.29 is 4.79 Å². The smallest absolute Gasteiger partial charge is 0.327 e. The van der Waals surface area contributed by atoms with E-state index >= 15 is 0 Å². The summed E-state index contributed by atoms with van der Waals surface area (Å²) in [5.74, 6) is 0.609. The molecule has 0 saturated carbocycles. The molecule has 0 aliphatic carbocycles. The van der Waals surface area contributed by atoms with Gasteiger partial charge in [0.2, 0.25) is 0 Å². The van der Waals surface area contributed by atoms with Gasteiger partial charge in [0.05, 0.1) is 6.20 Å². The van der Waals surface area contributed by atoms with Crippen molar-refractivity contribution >= 4 is 17.2 Å². The Labute approximate surface area is 139 Å². The van der Waals surface area contributed by atoms with Crippen LogP contribution < -0.4 is 5.69 Å². The third kappa shape index (κ3) is 2.68. The van der Waals surface area contributed by atoms with E-state index in [1.165, 1.54) is 9.47 Å². The number of carbonyl (C=O) groups is 1. The highest BCUT2D eigenvalue weighted by Gasteiger charge is 2.20. The van der Waals surface area contributed by atoms with Crippen molar-refractivity contribution in [3.05, 3.63) is 58.4 Å². The van der Waals surface area contributed by atoms with Gasteiger partial charge in [-0.1, -0.05) is 30.3 Å². The maximum Gasteiger partial charge on any atom is 0.338 e. The number of fused-ring (bicyclic) bond motifs is 1. The number of aryl methyl sites for hydroxylation is 1. The summed E-state index contributed by atoms with van der Waals surface area (Å²) in [5.41, 5.74) is 1.55. The zero-order valence-electron chi connectivity index (χ0n) is 13.9. The second kappa shape index (κ2) is 6.27. The van der Waals surface area contributed by atoms with Crippen LogP contribution in [0.4, 0.5) is 4.79 Å². The van der Waals surface area contributed by atoms with Crippen molar-refractivity contribution in [1.82, 2.24) is 24.0 Å². The van der Waals surface area contributed by atoms with Gasteiger partial charge >= 0.3 is 11.7 Å². The Morgan fingerprint density at radius 3 is 2.62 bits per heavy atom. The van der Waals surface area contributed by atoms with Crippen LogP contribution in [0.1, 0.15) is 18.3 Å². The third-order valence-corrected chi connectivity index (χ3v) is 4.03. The average molecular weight is 325 g/mol. The van der Waals surface area contributed by atoms with E-state index in [0.717, 1.165) is 10.1 Å². The molecule has 0 N–H and O–H groups in total. The number of hydrogen-bond donors (Lipinski definition) is 0. The van der Waals surface area contributed by atoms with Gasteiger partial charge in [0.25, 0.3) is 0 Å². The lowest BCUT2D eigenvalue weighted by molar-refractivity contribution is 0.212. The predicted molar refractivity (Wildman–Crippen MR) is 91.1 cm³/mol. The fourth-order valence-electron chi connectivity index (χ4n) is 2.50. The molecule has 1 amide bonds. The minimum Gasteiger partial charge on any atom is -0.327 e. The normalized spacial score (nSPS) is 11.0. The third-order valence-electron chi connectivity index (χ3n) is 4.03. The molecule has 1 aromatic carbocycles. The zero-order chi connectivity index (χ0) is 17.3. The number of imidazole rings is 1. The number of amides is 1. The number of hydrogen-bond acceptors (Lipinski definition) is 4. The van der Waals surface area contributed by atoms with Gasteiger partial charge in [0.15, 0.2) is 5.65 Å². The molecule has 3 rings (SSSR count). The molecule has 2 aromatic heterocycles. The van der Waals surface area contributed by atoms with Crippen LogP contribution in [-0.4, -0.2) is 43.6 Å². The van der Waals surface area contributed by atoms with Crippen LogP contribution in [0.25, 0.3) is 11.2 Å². The second-order valence-electron chi connectivity index (χ2n) is 5.63. The first-order chi connectivity index (χ1) is 11.5. The van der Waals surface area contributed by atoms with Crippen LogP contribution in [0.5, 0.6) is 0 Å². The largest absolute Gasteiger partial charge is 0.338 e. The summed E-state index contributed by atoms with van der Waals surface area (Å²) < 4.78 is 2.50. The van der Waals surface area contributed by atoms with Gasteiger partial charge in [-0.25, -0.2) is 24.1 Å². The van der Waals surface area contributed by atoms with Crippen LogP contribution in [0, 0.1) is 0 Å². The molecule has 0 aliphatic heterocycles. The highest BCUT2D eigenvalue weighted by atomic mass is 16.2. The Bertz CT molecular complexity index is 943. The molecule has 0 unspecified atom stereocenters. The minimum atomic E-state index is -0.415. The van der Waals surface area contributed by atoms with Crippen LogP contribution in [0.2, 0.25) is 0 Å². The maximum absolute atomic E-state index is 12.4. The van der Waals surface area contributed by atoms with Crippen molar-refractivity contribution in [1.29, 1.82) is 0 Å². The summed E-state index contributed by atoms with van der Waals surface area (Å²) in [5, 5.41) is 0. The molecule has 7 heteroatoms. The lowest BCUT2D eigenvalue weighted by atomic mass is 10.1. The van der Waals surface area contributed by atoms with Gasteiger partial charge in [-0.15, -0.1) is 0 Å². The van der Waals surface area contributed by atoms with E-state index in [4.69, 9.17) is 0 Å². The first kappa shape index (κ1) is 15.9. The van der Waals surface area contributed by atoms with Crippen LogP contribution in [-0.2, 0) is 13.5 Å². The topological polar surface area (TPSA) is 73.0 Å². The second-order valence-corrected chi connectivity index (χ2v) is 5.63. The van der Waals surface area contributed by atoms with Crippen molar-refractivity contribution in [2.45, 2.75) is 13.3 Å². The molecule has 0 aliphatic rings. The number of carbonyl (C=O) groups excluding carboxylic acids is 1. The molecule has 0 bridgehead atoms. The number of nitrogens with zero attached hydrogens (tertiary/aromatic N) is 5. The summed E-state index contributed by atoms with van der Waals surface area (Å²) in [6.45, 7) is 2.36. The molecular formula is C17H19N5O2. The van der Waals surface area contributed by atoms with E-state index in [1.807, 2.05) is 37.3 Å². The average Bonchev–Trinajstić information content (AvgIpc) is 2.85. The monoisotopic (exact) mass is 325 g/mol. The number of rotatable bonds is 3. The highest BCUT2D eigenvalue weighted by Crippen LogP contribution is 2.12. The number of aromatic nitrogens is 4. The number of benzene rings is 1. The van der Waals surface area contributed by atoms with Gasteiger partial charge < -0.3 is 4.90 Å². The van der Waals surface area contributed by atoms with Gasteiger partial charge in [-0.05, 0) is 12.5 Å². The molecule has 24 heavy (non-hydrogen) atoms. The van der Waals surface area contributed by atoms with Crippen LogP contribution >= 0.6 is 0 Å². The van der Waals surface area contributed by atoms with Crippen molar-refractivity contribution in [3.8, 4) is 0 Å². The van der Waals surface area contributed by atoms with Crippen molar-refractivity contribution in [3.63, 3.8) is 0 Å². The summed E-state index contributed by atoms with van der Waals surface area (Å²) >= 11 is 0. The van der Waals surface area contributed by atoms with E-state index in [-0.39, 0.29) is 6.03 Å². The van der Waals surface area contributed by atoms with Crippen molar-refractivity contribution in [2.24, 2.45) is 7.05 Å². The molecule has 0 spiro atoms. The standard InChI is InChI=1S/C17H19N5O2/c1-4-20(2)16(23)22-13-11-18-14(10-12-8-6-5-7-9-12)19-15(13)21(3)17(22)24/h5-9,11H,4,10H2,1-3H3. The summed E-state index contributed by atoms with van der Waals surface area (Å²) in [7, 11) is 3.26. The highest BCUT2D eigenvalue weighted by molar-refractivity contribution is 5.87. The molecular weight excluding hydrogens is 306 g/mol. The fourth-order valence-corrected chi connectivity index (χ4v) is 2.50. The molecule has 124 valence electrons. The molecule has 3 aromatic rings. The lowest BCUT2D eigenvalue weighted by Crippen LogP contribution is -2.37. The van der Waals surface area contributed by atoms with Crippen LogP contribution in [0.15, 0.2) is 41.3 Å². The fraction of sp³-hybridized carbons (Fsp3) is 0.294. The molecule has 0 atom stereocenters. The van der Waals surface area contributed by atoms with Gasteiger partial charge in [0, 0.05) is 27.1 Å². The Morgan fingerprint density at radius 2 is 1.96 bits per heavy atom. The van der Waals surface area contributed by atoms with Gasteiger partial charge in [0.1, 0.15) is 11.3 Å². The summed E-state index contributed by atoms with van der Waals surface area (Å²) in [4.78, 5) is 35.1. The zero-order valence-corrected chi connectivity index (χ0v) is 13.9. The van der Waals surface area contributed by atoms with Crippen molar-refractivity contribution in [2.75, 3.05) is 13.6 Å². The molecule has 2 heterocycles. The van der Waals surface area contributed by atoms with E-state index in [0.29, 0.717) is 30.0 Å².